The summed E-state index contributed by atoms with van der Waals surface area (Å²) in [4.78, 5) is 0. The Kier molecular flexibility index (Phi) is 3.81. The second-order valence-corrected chi connectivity index (χ2v) is 15.8. The van der Waals surface area contributed by atoms with Crippen LogP contribution in [0.25, 0.3) is 33.3 Å². The maximum Gasteiger partial charge on any atom is 0.417 e. The van der Waals surface area contributed by atoms with Crippen molar-refractivity contribution in [3.63, 3.8) is 0 Å². The molecule has 164 valence electrons. The Balaban J connectivity index is 1.72. The number of pyridine rings is 2. The molecule has 3 heteroatoms. The topological polar surface area (TPSA) is 7.76 Å². The van der Waals surface area contributed by atoms with E-state index in [4.69, 9.17) is 0 Å². The first kappa shape index (κ1) is 19.9. The molecule has 1 spiro atoms. The molecule has 0 aliphatic carbocycles. The zero-order chi connectivity index (χ0) is 23.2. The largest absolute Gasteiger partial charge is 0.417 e. The van der Waals surface area contributed by atoms with E-state index < -0.39 is 13.7 Å². The minimum Gasteiger partial charge on any atom is -0.126 e. The molecule has 0 radical (unpaired) electrons. The molecule has 0 amide bonds. The van der Waals surface area contributed by atoms with Crippen molar-refractivity contribution >= 4 is 24.0 Å². The summed E-state index contributed by atoms with van der Waals surface area (Å²) in [7, 11) is -1.55. The first-order valence-electron chi connectivity index (χ1n) is 12.1. The van der Waals surface area contributed by atoms with Crippen molar-refractivity contribution < 1.29 is 9.13 Å². The van der Waals surface area contributed by atoms with Crippen molar-refractivity contribution in [2.24, 2.45) is 0 Å². The number of benzene rings is 3. The van der Waals surface area contributed by atoms with Crippen LogP contribution in [0.15, 0.2) is 97.3 Å². The van der Waals surface area contributed by atoms with Crippen LogP contribution in [0.1, 0.15) is 16.7 Å². The normalized spacial score (nSPS) is 17.5. The highest BCUT2D eigenvalue weighted by atomic mass is 28.3. The van der Waals surface area contributed by atoms with E-state index in [0.717, 1.165) is 0 Å². The van der Waals surface area contributed by atoms with Gasteiger partial charge in [0.15, 0.2) is 12.4 Å². The summed E-state index contributed by atoms with van der Waals surface area (Å²) in [5.41, 5.74) is 8.95. The van der Waals surface area contributed by atoms with E-state index in [1.807, 2.05) is 0 Å². The third-order valence-electron chi connectivity index (χ3n) is 7.80. The summed E-state index contributed by atoms with van der Waals surface area (Å²) in [6.07, 6.45) is 4.80. The molecule has 1 atom stereocenters. The van der Waals surface area contributed by atoms with Gasteiger partial charge < -0.3 is 0 Å². The lowest BCUT2D eigenvalue weighted by atomic mass is 9.90. The molecule has 3 aromatic carbocycles. The van der Waals surface area contributed by atoms with E-state index in [1.165, 1.54) is 55.2 Å². The van der Waals surface area contributed by atoms with Gasteiger partial charge in [0.05, 0.1) is 24.6 Å². The van der Waals surface area contributed by atoms with Crippen molar-refractivity contribution in [1.29, 1.82) is 0 Å². The minimum atomic E-state index is -1.55. The Labute approximate surface area is 201 Å². The van der Waals surface area contributed by atoms with Gasteiger partial charge in [0.25, 0.3) is 0 Å². The van der Waals surface area contributed by atoms with E-state index in [2.05, 4.69) is 133 Å². The van der Waals surface area contributed by atoms with Gasteiger partial charge in [-0.3, -0.25) is 0 Å². The Bertz CT molecular complexity index is 1660. The van der Waals surface area contributed by atoms with Gasteiger partial charge in [0, 0.05) is 17.3 Å². The van der Waals surface area contributed by atoms with Crippen molar-refractivity contribution in [3.8, 4) is 22.5 Å². The first-order valence-corrected chi connectivity index (χ1v) is 15.6. The van der Waals surface area contributed by atoms with Crippen LogP contribution in [0.2, 0.25) is 19.6 Å². The van der Waals surface area contributed by atoms with Crippen LogP contribution in [0, 0.1) is 6.92 Å². The van der Waals surface area contributed by atoms with Crippen LogP contribution in [-0.4, -0.2) is 8.07 Å². The highest BCUT2D eigenvalue weighted by Gasteiger charge is 2.66. The lowest BCUT2D eigenvalue weighted by Gasteiger charge is -2.21. The van der Waals surface area contributed by atoms with E-state index in [1.54, 1.807) is 0 Å². The number of rotatable bonds is 1. The van der Waals surface area contributed by atoms with Crippen LogP contribution in [0.4, 0.5) is 0 Å². The Morgan fingerprint density at radius 1 is 0.706 bits per heavy atom. The highest BCUT2D eigenvalue weighted by Crippen LogP contribution is 2.48. The van der Waals surface area contributed by atoms with Crippen LogP contribution in [-0.2, 0) is 5.66 Å². The molecule has 2 aliphatic heterocycles. The third-order valence-corrected chi connectivity index (χ3v) is 9.94. The van der Waals surface area contributed by atoms with E-state index in [0.29, 0.717) is 0 Å². The molecule has 34 heavy (non-hydrogen) atoms. The number of aryl methyl sites for hydroxylation is 1. The van der Waals surface area contributed by atoms with E-state index >= 15 is 0 Å². The van der Waals surface area contributed by atoms with Crippen LogP contribution < -0.4 is 14.3 Å². The van der Waals surface area contributed by atoms with Gasteiger partial charge in [-0.05, 0) is 48.2 Å². The summed E-state index contributed by atoms with van der Waals surface area (Å²) in [6, 6.07) is 31.5. The molecule has 0 fully saturated rings. The van der Waals surface area contributed by atoms with Crippen LogP contribution in [0.5, 0.6) is 0 Å². The monoisotopic (exact) mass is 456 g/mol. The van der Waals surface area contributed by atoms with Crippen molar-refractivity contribution in [1.82, 2.24) is 0 Å². The standard InChI is InChI=1S/C31H28N2Si/c1-21-19-28-24-13-7-9-15-26(24)31(33(28)20-29(21)34(2,3)4)27-16-10-8-14-25(27)30-23-12-6-5-11-22(23)17-18-32(30)31/h5-20H,1-4H3/q+2. The molecule has 5 aromatic rings. The number of aromatic nitrogens is 2. The van der Waals surface area contributed by atoms with Gasteiger partial charge in [-0.2, -0.15) is 0 Å². The van der Waals surface area contributed by atoms with Gasteiger partial charge in [0.1, 0.15) is 11.1 Å². The second kappa shape index (κ2) is 6.52. The summed E-state index contributed by atoms with van der Waals surface area (Å²) in [5.74, 6) is 0. The molecule has 2 aliphatic rings. The molecular formula is C31H28N2Si+2. The average molecular weight is 457 g/mol. The smallest absolute Gasteiger partial charge is 0.126 e. The second-order valence-electron chi connectivity index (χ2n) is 10.8. The maximum atomic E-state index is 2.59. The zero-order valence-corrected chi connectivity index (χ0v) is 21.1. The number of hydrogen-bond donors (Lipinski definition) is 0. The highest BCUT2D eigenvalue weighted by molar-refractivity contribution is 6.88. The molecule has 2 aromatic heterocycles. The summed E-state index contributed by atoms with van der Waals surface area (Å²) >= 11 is 0. The quantitative estimate of drug-likeness (QED) is 0.227. The van der Waals surface area contributed by atoms with E-state index in [-0.39, 0.29) is 0 Å². The van der Waals surface area contributed by atoms with Crippen LogP contribution in [0.3, 0.4) is 0 Å². The predicted molar refractivity (Wildman–Crippen MR) is 141 cm³/mol. The molecule has 0 saturated carbocycles. The van der Waals surface area contributed by atoms with E-state index in [9.17, 15) is 0 Å². The zero-order valence-electron chi connectivity index (χ0n) is 20.1. The molecular weight excluding hydrogens is 428 g/mol. The third kappa shape index (κ3) is 2.30. The fourth-order valence-corrected chi connectivity index (χ4v) is 8.23. The van der Waals surface area contributed by atoms with Gasteiger partial charge in [-0.25, -0.2) is 0 Å². The molecule has 7 rings (SSSR count). The molecule has 0 bridgehead atoms. The predicted octanol–water partition coefficient (Wildman–Crippen LogP) is 5.53. The number of fused-ring (bicyclic) bond motifs is 12. The Morgan fingerprint density at radius 3 is 2.12 bits per heavy atom. The molecule has 2 nitrogen and oxygen atoms in total. The van der Waals surface area contributed by atoms with Gasteiger partial charge in [-0.1, -0.05) is 62.1 Å². The lowest BCUT2D eigenvalue weighted by molar-refractivity contribution is -0.954. The molecule has 0 saturated heterocycles. The lowest BCUT2D eigenvalue weighted by Crippen LogP contribution is -2.72. The Hall–Kier alpha value is -3.56. The van der Waals surface area contributed by atoms with Crippen LogP contribution >= 0.6 is 0 Å². The maximum absolute atomic E-state index is 2.59. The molecule has 0 N–H and O–H groups in total. The average Bonchev–Trinajstić information content (AvgIpc) is 3.30. The van der Waals surface area contributed by atoms with Gasteiger partial charge >= 0.3 is 5.66 Å². The van der Waals surface area contributed by atoms with Crippen molar-refractivity contribution in [2.45, 2.75) is 32.2 Å². The summed E-state index contributed by atoms with van der Waals surface area (Å²) in [6.45, 7) is 9.65. The number of nitrogens with zero attached hydrogens (tertiary/aromatic N) is 2. The first-order chi connectivity index (χ1) is 16.4. The van der Waals surface area contributed by atoms with Crippen molar-refractivity contribution in [3.05, 3.63) is 114 Å². The SMILES string of the molecule is Cc1cc2[n+](cc1[Si](C)(C)C)C1(c3ccccc3-2)c2ccccc2-c2c3ccccc3cc[n+]21. The molecule has 1 unspecified atom stereocenters. The fraction of sp³-hybridized carbons (Fsp3) is 0.161. The number of hydrogen-bond acceptors (Lipinski definition) is 0. The summed E-state index contributed by atoms with van der Waals surface area (Å²) in [5, 5.41) is 4.11. The minimum absolute atomic E-state index is 0.427. The van der Waals surface area contributed by atoms with Crippen molar-refractivity contribution in [2.75, 3.05) is 0 Å². The Morgan fingerprint density at radius 2 is 1.35 bits per heavy atom. The summed E-state index contributed by atoms with van der Waals surface area (Å²) < 4.78 is 5.13. The van der Waals surface area contributed by atoms with Gasteiger partial charge in [0.2, 0.25) is 11.4 Å². The van der Waals surface area contributed by atoms with Gasteiger partial charge in [-0.15, -0.1) is 9.13 Å². The molecule has 4 heterocycles. The fourth-order valence-electron chi connectivity index (χ4n) is 6.46.